The summed E-state index contributed by atoms with van der Waals surface area (Å²) in [5.41, 5.74) is -0.372. The summed E-state index contributed by atoms with van der Waals surface area (Å²) in [7, 11) is 0. The second-order valence-electron chi connectivity index (χ2n) is 6.58. The molecule has 0 amide bonds. The molecule has 3 heteroatoms. The van der Waals surface area contributed by atoms with Crippen molar-refractivity contribution in [1.29, 1.82) is 0 Å². The monoisotopic (exact) mass is 302 g/mol. The van der Waals surface area contributed by atoms with E-state index in [1.807, 2.05) is 0 Å². The average Bonchev–Trinajstić information content (AvgIpc) is 2.52. The third kappa shape index (κ3) is 11.1. The molecule has 0 rings (SSSR count). The fourth-order valence-electron chi connectivity index (χ4n) is 2.93. The summed E-state index contributed by atoms with van der Waals surface area (Å²) in [5.74, 6) is 0. The SMILES string of the molecule is CCCCCCCCCCCCC(CO)(CO)CCCO. The van der Waals surface area contributed by atoms with E-state index in [9.17, 15) is 10.2 Å². The highest BCUT2D eigenvalue weighted by Gasteiger charge is 2.27. The molecule has 3 nitrogen and oxygen atoms in total. The molecule has 0 aliphatic rings. The molecule has 0 atom stereocenters. The number of rotatable bonds is 16. The van der Waals surface area contributed by atoms with Gasteiger partial charge in [-0.1, -0.05) is 71.1 Å². The van der Waals surface area contributed by atoms with Gasteiger partial charge in [0.25, 0.3) is 0 Å². The highest BCUT2D eigenvalue weighted by Crippen LogP contribution is 2.29. The Morgan fingerprint density at radius 2 is 1.00 bits per heavy atom. The van der Waals surface area contributed by atoms with Crippen LogP contribution in [0.1, 0.15) is 90.4 Å². The minimum absolute atomic E-state index is 0.0287. The van der Waals surface area contributed by atoms with Gasteiger partial charge in [0.15, 0.2) is 0 Å². The first-order valence-electron chi connectivity index (χ1n) is 9.07. The van der Waals surface area contributed by atoms with Crippen molar-refractivity contribution >= 4 is 0 Å². The van der Waals surface area contributed by atoms with E-state index in [0.29, 0.717) is 12.8 Å². The number of aliphatic hydroxyl groups excluding tert-OH is 3. The van der Waals surface area contributed by atoms with Gasteiger partial charge in [-0.3, -0.25) is 0 Å². The molecule has 0 spiro atoms. The Morgan fingerprint density at radius 3 is 1.43 bits per heavy atom. The van der Waals surface area contributed by atoms with E-state index in [2.05, 4.69) is 6.92 Å². The lowest BCUT2D eigenvalue weighted by atomic mass is 9.80. The Balaban J connectivity index is 3.53. The molecular weight excluding hydrogens is 264 g/mol. The predicted molar refractivity (Wildman–Crippen MR) is 89.4 cm³/mol. The Morgan fingerprint density at radius 1 is 0.571 bits per heavy atom. The van der Waals surface area contributed by atoms with Gasteiger partial charge in [-0.2, -0.15) is 0 Å². The molecule has 0 aromatic rings. The Labute approximate surface area is 131 Å². The van der Waals surface area contributed by atoms with Gasteiger partial charge in [-0.15, -0.1) is 0 Å². The Hall–Kier alpha value is -0.120. The van der Waals surface area contributed by atoms with Gasteiger partial charge in [-0.25, -0.2) is 0 Å². The van der Waals surface area contributed by atoms with Crippen LogP contribution in [0, 0.1) is 5.41 Å². The molecule has 3 N–H and O–H groups in total. The van der Waals surface area contributed by atoms with Gasteiger partial charge in [0.2, 0.25) is 0 Å². The molecule has 0 heterocycles. The van der Waals surface area contributed by atoms with Crippen molar-refractivity contribution in [3.63, 3.8) is 0 Å². The van der Waals surface area contributed by atoms with E-state index in [-0.39, 0.29) is 25.2 Å². The summed E-state index contributed by atoms with van der Waals surface area (Å²) in [6.07, 6.45) is 15.3. The summed E-state index contributed by atoms with van der Waals surface area (Å²) < 4.78 is 0. The second-order valence-corrected chi connectivity index (χ2v) is 6.58. The highest BCUT2D eigenvalue weighted by atomic mass is 16.3. The van der Waals surface area contributed by atoms with Crippen molar-refractivity contribution < 1.29 is 15.3 Å². The van der Waals surface area contributed by atoms with Crippen LogP contribution >= 0.6 is 0 Å². The molecule has 0 aromatic heterocycles. The maximum atomic E-state index is 9.51. The lowest BCUT2D eigenvalue weighted by Gasteiger charge is -2.29. The van der Waals surface area contributed by atoms with Crippen LogP contribution in [0.4, 0.5) is 0 Å². The number of hydrogen-bond acceptors (Lipinski definition) is 3. The van der Waals surface area contributed by atoms with Crippen molar-refractivity contribution in [2.24, 2.45) is 5.41 Å². The quantitative estimate of drug-likeness (QED) is 0.377. The first-order valence-corrected chi connectivity index (χ1v) is 9.07. The minimum atomic E-state index is -0.372. The Bertz CT molecular complexity index is 203. The fourth-order valence-corrected chi connectivity index (χ4v) is 2.93. The van der Waals surface area contributed by atoms with Gasteiger partial charge < -0.3 is 15.3 Å². The van der Waals surface area contributed by atoms with Gasteiger partial charge in [0, 0.05) is 12.0 Å². The van der Waals surface area contributed by atoms with Crippen molar-refractivity contribution in [3.8, 4) is 0 Å². The van der Waals surface area contributed by atoms with Crippen LogP contribution in [-0.2, 0) is 0 Å². The van der Waals surface area contributed by atoms with E-state index in [4.69, 9.17) is 5.11 Å². The molecule has 128 valence electrons. The highest BCUT2D eigenvalue weighted by molar-refractivity contribution is 4.77. The Kier molecular flexibility index (Phi) is 14.7. The maximum Gasteiger partial charge on any atom is 0.0509 e. The molecule has 0 bridgehead atoms. The van der Waals surface area contributed by atoms with Crippen LogP contribution in [0.25, 0.3) is 0 Å². The normalized spacial score (nSPS) is 12.0. The minimum Gasteiger partial charge on any atom is -0.396 e. The molecule has 0 aliphatic heterocycles. The fraction of sp³-hybridized carbons (Fsp3) is 1.00. The zero-order chi connectivity index (χ0) is 15.8. The van der Waals surface area contributed by atoms with Gasteiger partial charge in [0.1, 0.15) is 0 Å². The van der Waals surface area contributed by atoms with Crippen LogP contribution in [0.3, 0.4) is 0 Å². The summed E-state index contributed by atoms with van der Waals surface area (Å²) >= 11 is 0. The van der Waals surface area contributed by atoms with E-state index in [1.54, 1.807) is 0 Å². The number of hydrogen-bond donors (Lipinski definition) is 3. The van der Waals surface area contributed by atoms with Crippen molar-refractivity contribution in [2.45, 2.75) is 90.4 Å². The molecular formula is C18H38O3. The molecule has 0 saturated carbocycles. The molecule has 21 heavy (non-hydrogen) atoms. The maximum absolute atomic E-state index is 9.51. The predicted octanol–water partition coefficient (Wildman–Crippen LogP) is 4.04. The zero-order valence-corrected chi connectivity index (χ0v) is 14.2. The van der Waals surface area contributed by atoms with Crippen molar-refractivity contribution in [1.82, 2.24) is 0 Å². The van der Waals surface area contributed by atoms with Crippen LogP contribution < -0.4 is 0 Å². The van der Waals surface area contributed by atoms with E-state index < -0.39 is 0 Å². The van der Waals surface area contributed by atoms with E-state index in [0.717, 1.165) is 12.8 Å². The van der Waals surface area contributed by atoms with Crippen LogP contribution in [0.2, 0.25) is 0 Å². The first kappa shape index (κ1) is 20.9. The van der Waals surface area contributed by atoms with Gasteiger partial charge in [0.05, 0.1) is 13.2 Å². The lowest BCUT2D eigenvalue weighted by molar-refractivity contribution is 0.0321. The van der Waals surface area contributed by atoms with Crippen molar-refractivity contribution in [2.75, 3.05) is 19.8 Å². The molecule has 0 saturated heterocycles. The molecule has 0 radical (unpaired) electrons. The first-order chi connectivity index (χ1) is 10.2. The third-order valence-electron chi connectivity index (χ3n) is 4.60. The number of unbranched alkanes of at least 4 members (excludes halogenated alkanes) is 9. The van der Waals surface area contributed by atoms with Crippen molar-refractivity contribution in [3.05, 3.63) is 0 Å². The smallest absolute Gasteiger partial charge is 0.0509 e. The molecule has 0 fully saturated rings. The second kappa shape index (κ2) is 14.8. The van der Waals surface area contributed by atoms with Gasteiger partial charge in [-0.05, 0) is 19.3 Å². The third-order valence-corrected chi connectivity index (χ3v) is 4.60. The summed E-state index contributed by atoms with van der Waals surface area (Å²) in [4.78, 5) is 0. The van der Waals surface area contributed by atoms with E-state index in [1.165, 1.54) is 57.8 Å². The summed E-state index contributed by atoms with van der Waals surface area (Å²) in [6, 6.07) is 0. The summed E-state index contributed by atoms with van der Waals surface area (Å²) in [5, 5.41) is 27.9. The van der Waals surface area contributed by atoms with Gasteiger partial charge >= 0.3 is 0 Å². The van der Waals surface area contributed by atoms with Crippen LogP contribution in [0.15, 0.2) is 0 Å². The molecule has 0 aromatic carbocycles. The van der Waals surface area contributed by atoms with Crippen LogP contribution in [-0.4, -0.2) is 35.1 Å². The topological polar surface area (TPSA) is 60.7 Å². The number of aliphatic hydroxyl groups is 3. The molecule has 0 unspecified atom stereocenters. The average molecular weight is 302 g/mol. The standard InChI is InChI=1S/C18H38O3/c1-2-3-4-5-6-7-8-9-10-11-13-18(16-20,17-21)14-12-15-19/h19-21H,2-17H2,1H3. The molecule has 0 aliphatic carbocycles. The lowest BCUT2D eigenvalue weighted by Crippen LogP contribution is -2.30. The zero-order valence-electron chi connectivity index (χ0n) is 14.2. The van der Waals surface area contributed by atoms with Crippen LogP contribution in [0.5, 0.6) is 0 Å². The summed E-state index contributed by atoms with van der Waals surface area (Å²) in [6.45, 7) is 2.45. The largest absolute Gasteiger partial charge is 0.396 e. The van der Waals surface area contributed by atoms with E-state index >= 15 is 0 Å².